The molecule has 1 unspecified atom stereocenters. The molecule has 0 aromatic carbocycles. The molecule has 0 bridgehead atoms. The Kier molecular flexibility index (Phi) is 5.82. The highest BCUT2D eigenvalue weighted by atomic mass is 35.5. The highest BCUT2D eigenvalue weighted by molar-refractivity contribution is 6.31. The summed E-state index contributed by atoms with van der Waals surface area (Å²) in [6, 6.07) is 0. The second-order valence-electron chi connectivity index (χ2n) is 5.99. The highest BCUT2D eigenvalue weighted by Crippen LogP contribution is 2.19. The zero-order valence-corrected chi connectivity index (χ0v) is 14.9. The first-order chi connectivity index (χ1) is 10.9. The molecule has 0 spiro atoms. The van der Waals surface area contributed by atoms with Crippen molar-refractivity contribution in [3.63, 3.8) is 0 Å². The van der Waals surface area contributed by atoms with Crippen LogP contribution in [0.2, 0.25) is 5.02 Å². The van der Waals surface area contributed by atoms with E-state index in [0.717, 1.165) is 29.9 Å². The summed E-state index contributed by atoms with van der Waals surface area (Å²) < 4.78 is 3.69. The van der Waals surface area contributed by atoms with Crippen LogP contribution in [0, 0.1) is 26.7 Å². The fraction of sp³-hybridized carbons (Fsp3) is 0.562. The van der Waals surface area contributed by atoms with Crippen molar-refractivity contribution in [2.45, 2.75) is 47.2 Å². The van der Waals surface area contributed by atoms with Gasteiger partial charge >= 0.3 is 0 Å². The molecule has 6 nitrogen and oxygen atoms in total. The number of halogens is 1. The summed E-state index contributed by atoms with van der Waals surface area (Å²) in [5.74, 6) is -0.124. The predicted molar refractivity (Wildman–Crippen MR) is 90.5 cm³/mol. The van der Waals surface area contributed by atoms with Gasteiger partial charge in [0.25, 0.3) is 0 Å². The highest BCUT2D eigenvalue weighted by Gasteiger charge is 2.16. The van der Waals surface area contributed by atoms with Crippen molar-refractivity contribution in [3.05, 3.63) is 34.4 Å². The number of amides is 1. The average Bonchev–Trinajstić information content (AvgIpc) is 3.03. The van der Waals surface area contributed by atoms with Gasteiger partial charge in [-0.05, 0) is 32.8 Å². The summed E-state index contributed by atoms with van der Waals surface area (Å²) in [5.41, 5.74) is 2.84. The van der Waals surface area contributed by atoms with E-state index < -0.39 is 0 Å². The van der Waals surface area contributed by atoms with E-state index in [-0.39, 0.29) is 11.8 Å². The molecule has 7 heteroatoms. The Morgan fingerprint density at radius 2 is 2.13 bits per heavy atom. The number of aromatic nitrogens is 4. The third-order valence-electron chi connectivity index (χ3n) is 3.81. The van der Waals surface area contributed by atoms with Crippen molar-refractivity contribution in [2.75, 3.05) is 6.54 Å². The number of hydrogen-bond donors (Lipinski definition) is 1. The van der Waals surface area contributed by atoms with Crippen LogP contribution in [0.25, 0.3) is 0 Å². The molecule has 0 saturated carbocycles. The summed E-state index contributed by atoms with van der Waals surface area (Å²) in [6.07, 6.45) is 4.68. The van der Waals surface area contributed by atoms with Gasteiger partial charge in [0, 0.05) is 19.3 Å². The summed E-state index contributed by atoms with van der Waals surface area (Å²) in [7, 11) is 0. The third-order valence-corrected chi connectivity index (χ3v) is 4.36. The lowest BCUT2D eigenvalue weighted by Crippen LogP contribution is -2.33. The van der Waals surface area contributed by atoms with Gasteiger partial charge in [-0.2, -0.15) is 10.2 Å². The number of hydrogen-bond acceptors (Lipinski definition) is 3. The van der Waals surface area contributed by atoms with E-state index in [1.807, 2.05) is 44.8 Å². The fourth-order valence-corrected chi connectivity index (χ4v) is 2.55. The molecule has 0 radical (unpaired) electrons. The summed E-state index contributed by atoms with van der Waals surface area (Å²) in [5, 5.41) is 12.2. The molecule has 1 atom stereocenters. The second-order valence-corrected chi connectivity index (χ2v) is 6.37. The van der Waals surface area contributed by atoms with E-state index in [2.05, 4.69) is 15.5 Å². The number of nitrogens with zero attached hydrogens (tertiary/aromatic N) is 4. The van der Waals surface area contributed by atoms with Crippen LogP contribution in [0.15, 0.2) is 12.4 Å². The Balaban J connectivity index is 1.75. The molecule has 0 aliphatic rings. The molecule has 1 amide bonds. The zero-order chi connectivity index (χ0) is 17.0. The number of carbonyl (C=O) groups is 1. The van der Waals surface area contributed by atoms with Gasteiger partial charge in [-0.3, -0.25) is 14.2 Å². The summed E-state index contributed by atoms with van der Waals surface area (Å²) in [6.45, 7) is 9.67. The van der Waals surface area contributed by atoms with Gasteiger partial charge in [0.05, 0.1) is 35.1 Å². The largest absolute Gasteiger partial charge is 0.356 e. The van der Waals surface area contributed by atoms with Gasteiger partial charge in [0.15, 0.2) is 0 Å². The van der Waals surface area contributed by atoms with E-state index in [1.165, 1.54) is 0 Å². The van der Waals surface area contributed by atoms with E-state index >= 15 is 0 Å². The van der Waals surface area contributed by atoms with Crippen LogP contribution < -0.4 is 5.32 Å². The van der Waals surface area contributed by atoms with Crippen molar-refractivity contribution >= 4 is 17.5 Å². The van der Waals surface area contributed by atoms with Crippen LogP contribution in [0.3, 0.4) is 0 Å². The summed E-state index contributed by atoms with van der Waals surface area (Å²) >= 11 is 6.13. The maximum Gasteiger partial charge on any atom is 0.224 e. The lowest BCUT2D eigenvalue weighted by atomic mass is 10.1. The average molecular weight is 338 g/mol. The van der Waals surface area contributed by atoms with Crippen LogP contribution in [0.4, 0.5) is 0 Å². The van der Waals surface area contributed by atoms with Crippen molar-refractivity contribution in [1.29, 1.82) is 0 Å². The van der Waals surface area contributed by atoms with Gasteiger partial charge in [-0.15, -0.1) is 0 Å². The molecule has 1 N–H and O–H groups in total. The Labute approximate surface area is 141 Å². The molecule has 2 heterocycles. The van der Waals surface area contributed by atoms with Gasteiger partial charge in [0.2, 0.25) is 5.91 Å². The van der Waals surface area contributed by atoms with Crippen LogP contribution in [-0.2, 0) is 17.9 Å². The van der Waals surface area contributed by atoms with E-state index in [4.69, 9.17) is 11.6 Å². The zero-order valence-electron chi connectivity index (χ0n) is 14.1. The van der Waals surface area contributed by atoms with Gasteiger partial charge in [-0.25, -0.2) is 0 Å². The first-order valence-corrected chi connectivity index (χ1v) is 8.22. The lowest BCUT2D eigenvalue weighted by Gasteiger charge is -2.13. The van der Waals surface area contributed by atoms with Gasteiger partial charge < -0.3 is 5.32 Å². The van der Waals surface area contributed by atoms with E-state index in [1.54, 1.807) is 4.68 Å². The Morgan fingerprint density at radius 1 is 1.39 bits per heavy atom. The second kappa shape index (κ2) is 7.64. The molecular weight excluding hydrogens is 314 g/mol. The number of rotatable bonds is 7. The Morgan fingerprint density at radius 3 is 2.70 bits per heavy atom. The molecule has 2 aromatic rings. The monoisotopic (exact) mass is 337 g/mol. The number of nitrogens with one attached hydrogen (secondary N) is 1. The van der Waals surface area contributed by atoms with Crippen LogP contribution >= 0.6 is 11.6 Å². The molecule has 126 valence electrons. The van der Waals surface area contributed by atoms with E-state index in [0.29, 0.717) is 18.1 Å². The van der Waals surface area contributed by atoms with Gasteiger partial charge in [0.1, 0.15) is 0 Å². The Bertz CT molecular complexity index is 676. The standard InChI is InChI=1S/C16H24ClN5O/c1-11-8-19-21(9-11)7-5-6-18-16(23)12(2)10-22-14(4)15(17)13(3)20-22/h8-9,12H,5-7,10H2,1-4H3,(H,18,23). The Hall–Kier alpha value is -1.82. The molecule has 0 aliphatic heterocycles. The molecule has 0 aliphatic carbocycles. The minimum atomic E-state index is -0.156. The molecule has 2 rings (SSSR count). The maximum absolute atomic E-state index is 12.2. The van der Waals surface area contributed by atoms with E-state index in [9.17, 15) is 4.79 Å². The molecular formula is C16H24ClN5O. The first kappa shape index (κ1) is 17.5. The third kappa shape index (κ3) is 4.58. The minimum absolute atomic E-state index is 0.0327. The molecule has 0 saturated heterocycles. The van der Waals surface area contributed by atoms with Crippen molar-refractivity contribution in [1.82, 2.24) is 24.9 Å². The SMILES string of the molecule is Cc1cnn(CCCNC(=O)C(C)Cn2nc(C)c(Cl)c2C)c1. The molecule has 23 heavy (non-hydrogen) atoms. The van der Waals surface area contributed by atoms with Crippen molar-refractivity contribution in [2.24, 2.45) is 5.92 Å². The predicted octanol–water partition coefficient (Wildman–Crippen LogP) is 2.50. The van der Waals surface area contributed by atoms with Crippen LogP contribution in [0.1, 0.15) is 30.3 Å². The lowest BCUT2D eigenvalue weighted by molar-refractivity contribution is -0.124. The topological polar surface area (TPSA) is 64.7 Å². The number of carbonyl (C=O) groups excluding carboxylic acids is 1. The molecule has 2 aromatic heterocycles. The normalized spacial score (nSPS) is 12.4. The van der Waals surface area contributed by atoms with Crippen molar-refractivity contribution < 1.29 is 4.79 Å². The first-order valence-electron chi connectivity index (χ1n) is 7.84. The smallest absolute Gasteiger partial charge is 0.224 e. The summed E-state index contributed by atoms with van der Waals surface area (Å²) in [4.78, 5) is 12.2. The van der Waals surface area contributed by atoms with Crippen LogP contribution in [0.5, 0.6) is 0 Å². The van der Waals surface area contributed by atoms with Crippen molar-refractivity contribution in [3.8, 4) is 0 Å². The fourth-order valence-electron chi connectivity index (χ4n) is 2.41. The minimum Gasteiger partial charge on any atom is -0.356 e. The van der Waals surface area contributed by atoms with Crippen LogP contribution in [-0.4, -0.2) is 32.0 Å². The van der Waals surface area contributed by atoms with Gasteiger partial charge in [-0.1, -0.05) is 18.5 Å². The quantitative estimate of drug-likeness (QED) is 0.789. The number of aryl methyl sites for hydroxylation is 3. The molecule has 0 fully saturated rings. The maximum atomic E-state index is 12.2.